The number of carbonyl (C=O) groups is 3. The number of tetrazole rings is 1. The fraction of sp³-hybridized carbons (Fsp3) is 0.429. The van der Waals surface area contributed by atoms with Gasteiger partial charge in [-0.25, -0.2) is 0 Å². The summed E-state index contributed by atoms with van der Waals surface area (Å²) in [6.07, 6.45) is -0.108. The highest BCUT2D eigenvalue weighted by molar-refractivity contribution is 5.87. The zero-order chi connectivity index (χ0) is 12.7. The second-order valence-electron chi connectivity index (χ2n) is 2.95. The Morgan fingerprint density at radius 3 is 2.47 bits per heavy atom. The van der Waals surface area contributed by atoms with Crippen molar-refractivity contribution in [2.24, 2.45) is 0 Å². The second-order valence-corrected chi connectivity index (χ2v) is 2.95. The van der Waals surface area contributed by atoms with Crippen LogP contribution in [0.1, 0.15) is 5.82 Å². The fourth-order valence-corrected chi connectivity index (χ4v) is 0.879. The number of aliphatic carboxylic acids is 1. The number of carboxylic acids is 1. The summed E-state index contributed by atoms with van der Waals surface area (Å²) in [6.45, 7) is -0.788. The normalized spacial score (nSPS) is 9.65. The van der Waals surface area contributed by atoms with Gasteiger partial charge in [-0.2, -0.15) is 5.21 Å². The summed E-state index contributed by atoms with van der Waals surface area (Å²) < 4.78 is 0. The van der Waals surface area contributed by atoms with Crippen LogP contribution in [0.3, 0.4) is 0 Å². The number of H-pyrrole nitrogens is 1. The molecule has 1 aromatic rings. The number of rotatable bonds is 6. The Morgan fingerprint density at radius 1 is 1.18 bits per heavy atom. The fourth-order valence-electron chi connectivity index (χ4n) is 0.879. The first-order chi connectivity index (χ1) is 8.08. The van der Waals surface area contributed by atoms with Crippen LogP contribution in [-0.2, 0) is 20.8 Å². The summed E-state index contributed by atoms with van der Waals surface area (Å²) >= 11 is 0. The highest BCUT2D eigenvalue weighted by Crippen LogP contribution is 1.84. The number of carbonyl (C=O) groups excluding carboxylic acids is 2. The van der Waals surface area contributed by atoms with Crippen molar-refractivity contribution < 1.29 is 19.5 Å². The molecule has 10 nitrogen and oxygen atoms in total. The molecule has 2 amide bonds. The molecule has 92 valence electrons. The highest BCUT2D eigenvalue weighted by atomic mass is 16.4. The minimum absolute atomic E-state index is 0.108. The van der Waals surface area contributed by atoms with Gasteiger partial charge in [0.25, 0.3) is 0 Å². The predicted octanol–water partition coefficient (Wildman–Crippen LogP) is -2.94. The van der Waals surface area contributed by atoms with Gasteiger partial charge in [0.05, 0.1) is 13.0 Å². The van der Waals surface area contributed by atoms with Gasteiger partial charge in [0.15, 0.2) is 5.82 Å². The van der Waals surface area contributed by atoms with E-state index in [2.05, 4.69) is 31.3 Å². The van der Waals surface area contributed by atoms with Gasteiger partial charge in [-0.05, 0) is 0 Å². The molecule has 0 spiro atoms. The van der Waals surface area contributed by atoms with Gasteiger partial charge < -0.3 is 15.7 Å². The lowest BCUT2D eigenvalue weighted by Crippen LogP contribution is -2.39. The van der Waals surface area contributed by atoms with E-state index in [-0.39, 0.29) is 18.8 Å². The van der Waals surface area contributed by atoms with Gasteiger partial charge in [0, 0.05) is 0 Å². The molecule has 0 saturated carbocycles. The van der Waals surface area contributed by atoms with Crippen molar-refractivity contribution in [3.8, 4) is 0 Å². The summed E-state index contributed by atoms with van der Waals surface area (Å²) in [7, 11) is 0. The van der Waals surface area contributed by atoms with Crippen LogP contribution in [0.5, 0.6) is 0 Å². The van der Waals surface area contributed by atoms with Gasteiger partial charge in [0.2, 0.25) is 11.8 Å². The average molecular weight is 242 g/mol. The second kappa shape index (κ2) is 6.15. The molecule has 0 bridgehead atoms. The zero-order valence-electron chi connectivity index (χ0n) is 8.63. The van der Waals surface area contributed by atoms with E-state index in [0.717, 1.165) is 0 Å². The lowest BCUT2D eigenvalue weighted by Gasteiger charge is -2.03. The monoisotopic (exact) mass is 242 g/mol. The summed E-state index contributed by atoms with van der Waals surface area (Å²) in [4.78, 5) is 32.4. The maximum absolute atomic E-state index is 11.2. The smallest absolute Gasteiger partial charge is 0.322 e. The van der Waals surface area contributed by atoms with Crippen LogP contribution in [0.25, 0.3) is 0 Å². The molecule has 0 fully saturated rings. The number of amides is 2. The third-order valence-electron chi connectivity index (χ3n) is 1.59. The number of aromatic amines is 1. The molecule has 1 rings (SSSR count). The minimum atomic E-state index is -1.16. The van der Waals surface area contributed by atoms with Gasteiger partial charge >= 0.3 is 5.97 Å². The van der Waals surface area contributed by atoms with Crippen molar-refractivity contribution >= 4 is 17.8 Å². The Kier molecular flexibility index (Phi) is 4.54. The first kappa shape index (κ1) is 12.5. The molecule has 0 saturated heterocycles. The quantitative estimate of drug-likeness (QED) is 0.416. The van der Waals surface area contributed by atoms with E-state index in [1.54, 1.807) is 0 Å². The van der Waals surface area contributed by atoms with Gasteiger partial charge in [-0.15, -0.1) is 10.2 Å². The molecular formula is C7H10N6O4. The maximum atomic E-state index is 11.2. The van der Waals surface area contributed by atoms with Crippen molar-refractivity contribution in [3.05, 3.63) is 5.82 Å². The van der Waals surface area contributed by atoms with Gasteiger partial charge in [-0.3, -0.25) is 14.4 Å². The molecule has 0 aliphatic carbocycles. The Morgan fingerprint density at radius 2 is 1.88 bits per heavy atom. The molecule has 4 N–H and O–H groups in total. The van der Waals surface area contributed by atoms with Crippen molar-refractivity contribution in [2.75, 3.05) is 13.1 Å². The highest BCUT2D eigenvalue weighted by Gasteiger charge is 2.09. The number of aromatic nitrogens is 4. The van der Waals surface area contributed by atoms with E-state index in [0.29, 0.717) is 0 Å². The predicted molar refractivity (Wildman–Crippen MR) is 51.5 cm³/mol. The van der Waals surface area contributed by atoms with E-state index in [4.69, 9.17) is 5.11 Å². The Labute approximate surface area is 94.8 Å². The largest absolute Gasteiger partial charge is 0.480 e. The van der Waals surface area contributed by atoms with E-state index in [1.807, 2.05) is 0 Å². The summed E-state index contributed by atoms with van der Waals surface area (Å²) in [5.41, 5.74) is 0. The zero-order valence-corrected chi connectivity index (χ0v) is 8.63. The van der Waals surface area contributed by atoms with Crippen LogP contribution in [0.2, 0.25) is 0 Å². The summed E-state index contributed by atoms with van der Waals surface area (Å²) in [5.74, 6) is -2.00. The molecule has 0 unspecified atom stereocenters. The topological polar surface area (TPSA) is 150 Å². The molecule has 1 heterocycles. The average Bonchev–Trinajstić information content (AvgIpc) is 2.76. The van der Waals surface area contributed by atoms with Crippen molar-refractivity contribution in [3.63, 3.8) is 0 Å². The van der Waals surface area contributed by atoms with Crippen molar-refractivity contribution in [1.82, 2.24) is 31.3 Å². The van der Waals surface area contributed by atoms with Crippen LogP contribution in [-0.4, -0.2) is 56.6 Å². The van der Waals surface area contributed by atoms with Crippen LogP contribution in [0, 0.1) is 0 Å². The molecule has 17 heavy (non-hydrogen) atoms. The van der Waals surface area contributed by atoms with Crippen molar-refractivity contribution in [2.45, 2.75) is 6.42 Å². The molecular weight excluding hydrogens is 232 g/mol. The van der Waals surface area contributed by atoms with Crippen LogP contribution < -0.4 is 10.6 Å². The first-order valence-corrected chi connectivity index (χ1v) is 4.55. The van der Waals surface area contributed by atoms with E-state index < -0.39 is 24.3 Å². The molecule has 0 radical (unpaired) electrons. The molecule has 10 heteroatoms. The van der Waals surface area contributed by atoms with E-state index in [9.17, 15) is 14.4 Å². The van der Waals surface area contributed by atoms with Gasteiger partial charge in [0.1, 0.15) is 6.54 Å². The minimum Gasteiger partial charge on any atom is -0.480 e. The van der Waals surface area contributed by atoms with Crippen LogP contribution in [0.15, 0.2) is 0 Å². The third-order valence-corrected chi connectivity index (χ3v) is 1.59. The summed E-state index contributed by atoms with van der Waals surface area (Å²) in [6, 6.07) is 0. The lowest BCUT2D eigenvalue weighted by atomic mass is 10.4. The molecule has 0 aliphatic rings. The Hall–Kier alpha value is -2.52. The van der Waals surface area contributed by atoms with E-state index in [1.165, 1.54) is 0 Å². The third kappa shape index (κ3) is 5.20. The van der Waals surface area contributed by atoms with E-state index >= 15 is 0 Å². The SMILES string of the molecule is O=C(O)CNC(=O)CNC(=O)Cc1nn[nH]n1. The van der Waals surface area contributed by atoms with Crippen LogP contribution >= 0.6 is 0 Å². The standard InChI is InChI=1S/C7H10N6O4/c14-5(1-4-10-12-13-11-4)8-2-6(15)9-3-7(16)17/h1-3H2,(H,8,14)(H,9,15)(H,16,17)(H,10,11,12,13). The lowest BCUT2D eigenvalue weighted by molar-refractivity contribution is -0.137. The van der Waals surface area contributed by atoms with Gasteiger partial charge in [-0.1, -0.05) is 5.21 Å². The number of hydrogen-bond acceptors (Lipinski definition) is 6. The first-order valence-electron chi connectivity index (χ1n) is 4.55. The van der Waals surface area contributed by atoms with Crippen molar-refractivity contribution in [1.29, 1.82) is 0 Å². The number of nitrogens with zero attached hydrogens (tertiary/aromatic N) is 3. The van der Waals surface area contributed by atoms with Crippen LogP contribution in [0.4, 0.5) is 0 Å². The summed E-state index contributed by atoms with van der Waals surface area (Å²) in [5, 5.41) is 25.2. The Bertz CT molecular complexity index is 403. The molecule has 1 aromatic heterocycles. The number of nitrogens with one attached hydrogen (secondary N) is 3. The number of hydrogen-bond donors (Lipinski definition) is 4. The molecule has 0 aliphatic heterocycles. The maximum Gasteiger partial charge on any atom is 0.322 e. The number of carboxylic acid groups (broad SMARTS) is 1. The molecule has 0 aromatic carbocycles. The molecule has 0 atom stereocenters. The Balaban J connectivity index is 2.19.